The summed E-state index contributed by atoms with van der Waals surface area (Å²) in [5, 5.41) is 0.404. The van der Waals surface area contributed by atoms with E-state index in [9.17, 15) is 4.79 Å². The molecule has 0 N–H and O–H groups in total. The van der Waals surface area contributed by atoms with Crippen LogP contribution in [0.1, 0.15) is 30.6 Å². The van der Waals surface area contributed by atoms with Crippen LogP contribution in [0.4, 0.5) is 0 Å². The van der Waals surface area contributed by atoms with Crippen LogP contribution in [-0.4, -0.2) is 19.5 Å². The van der Waals surface area contributed by atoms with Gasteiger partial charge in [0.05, 0.1) is 18.2 Å². The van der Waals surface area contributed by atoms with Crippen molar-refractivity contribution in [2.45, 2.75) is 20.3 Å². The zero-order valence-corrected chi connectivity index (χ0v) is 10.2. The van der Waals surface area contributed by atoms with Crippen molar-refractivity contribution >= 4 is 17.9 Å². The normalized spacial score (nSPS) is 9.94. The molecule has 0 fully saturated rings. The molecule has 3 nitrogen and oxygen atoms in total. The minimum atomic E-state index is 0.404. The molecule has 0 heterocycles. The largest absolute Gasteiger partial charge is 0.490 e. The molecule has 4 heteroatoms. The summed E-state index contributed by atoms with van der Waals surface area (Å²) < 4.78 is 10.9. The van der Waals surface area contributed by atoms with Gasteiger partial charge in [0.2, 0.25) is 0 Å². The molecule has 1 aromatic rings. The average Bonchev–Trinajstić information content (AvgIpc) is 2.28. The molecular weight excluding hydrogens is 228 g/mol. The predicted octanol–water partition coefficient (Wildman–Crippen LogP) is 3.34. The van der Waals surface area contributed by atoms with E-state index in [0.29, 0.717) is 35.3 Å². The third-order valence-corrected chi connectivity index (χ3v) is 2.20. The van der Waals surface area contributed by atoms with E-state index in [1.165, 1.54) is 0 Å². The number of benzene rings is 1. The van der Waals surface area contributed by atoms with Gasteiger partial charge in [0, 0.05) is 5.56 Å². The molecule has 0 atom stereocenters. The third kappa shape index (κ3) is 3.14. The molecule has 0 radical (unpaired) electrons. The summed E-state index contributed by atoms with van der Waals surface area (Å²) in [6, 6.07) is 3.20. The lowest BCUT2D eigenvalue weighted by molar-refractivity contribution is 0.112. The van der Waals surface area contributed by atoms with Gasteiger partial charge in [-0.2, -0.15) is 0 Å². The standard InChI is InChI=1S/C12H15ClO3/c1-3-5-16-12-10(13)6-9(8-14)7-11(12)15-4-2/h6-8H,3-5H2,1-2H3. The second-order valence-corrected chi connectivity index (χ2v) is 3.64. The lowest BCUT2D eigenvalue weighted by atomic mass is 10.2. The quantitative estimate of drug-likeness (QED) is 0.718. The van der Waals surface area contributed by atoms with Crippen LogP contribution in [0.5, 0.6) is 11.5 Å². The molecule has 16 heavy (non-hydrogen) atoms. The molecule has 0 amide bonds. The van der Waals surface area contributed by atoms with E-state index in [2.05, 4.69) is 0 Å². The second-order valence-electron chi connectivity index (χ2n) is 3.23. The topological polar surface area (TPSA) is 35.5 Å². The first-order valence-corrected chi connectivity index (χ1v) is 5.65. The Morgan fingerprint density at radius 1 is 1.31 bits per heavy atom. The van der Waals surface area contributed by atoms with Crippen molar-refractivity contribution in [1.82, 2.24) is 0 Å². The molecule has 0 bridgehead atoms. The molecule has 0 aliphatic heterocycles. The summed E-state index contributed by atoms with van der Waals surface area (Å²) in [6.45, 7) is 4.94. The van der Waals surface area contributed by atoms with Gasteiger partial charge in [-0.15, -0.1) is 0 Å². The van der Waals surface area contributed by atoms with E-state index in [4.69, 9.17) is 21.1 Å². The Morgan fingerprint density at radius 3 is 2.62 bits per heavy atom. The summed E-state index contributed by atoms with van der Waals surface area (Å²) in [4.78, 5) is 10.7. The van der Waals surface area contributed by atoms with Crippen LogP contribution in [-0.2, 0) is 0 Å². The lowest BCUT2D eigenvalue weighted by Gasteiger charge is -2.13. The van der Waals surface area contributed by atoms with Gasteiger partial charge in [0.25, 0.3) is 0 Å². The number of hydrogen-bond donors (Lipinski definition) is 0. The van der Waals surface area contributed by atoms with Crippen molar-refractivity contribution < 1.29 is 14.3 Å². The molecule has 0 spiro atoms. The lowest BCUT2D eigenvalue weighted by Crippen LogP contribution is -2.01. The smallest absolute Gasteiger partial charge is 0.179 e. The van der Waals surface area contributed by atoms with E-state index >= 15 is 0 Å². The van der Waals surface area contributed by atoms with Gasteiger partial charge < -0.3 is 9.47 Å². The molecule has 1 rings (SSSR count). The number of carbonyl (C=O) groups excluding carboxylic acids is 1. The minimum Gasteiger partial charge on any atom is -0.490 e. The fraction of sp³-hybridized carbons (Fsp3) is 0.417. The zero-order valence-electron chi connectivity index (χ0n) is 9.46. The van der Waals surface area contributed by atoms with Crippen LogP contribution in [0.15, 0.2) is 12.1 Å². The first-order valence-electron chi connectivity index (χ1n) is 5.27. The van der Waals surface area contributed by atoms with E-state index in [1.54, 1.807) is 12.1 Å². The van der Waals surface area contributed by atoms with Gasteiger partial charge in [-0.25, -0.2) is 0 Å². The van der Waals surface area contributed by atoms with Gasteiger partial charge >= 0.3 is 0 Å². The number of aldehydes is 1. The summed E-state index contributed by atoms with van der Waals surface area (Å²) in [5.74, 6) is 1.03. The molecule has 0 aliphatic carbocycles. The maximum atomic E-state index is 10.7. The average molecular weight is 243 g/mol. The fourth-order valence-electron chi connectivity index (χ4n) is 1.26. The van der Waals surface area contributed by atoms with Gasteiger partial charge in [-0.3, -0.25) is 4.79 Å². The number of ether oxygens (including phenoxy) is 2. The Hall–Kier alpha value is -1.22. The Bertz CT molecular complexity index is 364. The number of halogens is 1. The fourth-order valence-corrected chi connectivity index (χ4v) is 1.54. The molecule has 0 aromatic heterocycles. The van der Waals surface area contributed by atoms with E-state index in [1.807, 2.05) is 13.8 Å². The highest BCUT2D eigenvalue weighted by molar-refractivity contribution is 6.32. The Balaban J connectivity index is 3.06. The van der Waals surface area contributed by atoms with Crippen molar-refractivity contribution in [2.24, 2.45) is 0 Å². The Morgan fingerprint density at radius 2 is 2.06 bits per heavy atom. The first-order chi connectivity index (χ1) is 7.72. The molecule has 0 saturated heterocycles. The number of carbonyl (C=O) groups is 1. The first kappa shape index (κ1) is 12.8. The predicted molar refractivity (Wildman–Crippen MR) is 63.8 cm³/mol. The Labute approximate surface area is 100 Å². The van der Waals surface area contributed by atoms with Crippen LogP contribution in [0.25, 0.3) is 0 Å². The third-order valence-electron chi connectivity index (χ3n) is 1.92. The molecule has 88 valence electrons. The maximum absolute atomic E-state index is 10.7. The SMILES string of the molecule is CCCOc1c(Cl)cc(C=O)cc1OCC. The highest BCUT2D eigenvalue weighted by Gasteiger charge is 2.11. The highest BCUT2D eigenvalue weighted by atomic mass is 35.5. The van der Waals surface area contributed by atoms with Crippen molar-refractivity contribution in [3.05, 3.63) is 22.7 Å². The number of hydrogen-bond acceptors (Lipinski definition) is 3. The van der Waals surface area contributed by atoms with Crippen molar-refractivity contribution in [1.29, 1.82) is 0 Å². The number of rotatable bonds is 6. The molecular formula is C12H15ClO3. The highest BCUT2D eigenvalue weighted by Crippen LogP contribution is 2.36. The van der Waals surface area contributed by atoms with E-state index in [0.717, 1.165) is 12.7 Å². The maximum Gasteiger partial charge on any atom is 0.179 e. The molecule has 1 aromatic carbocycles. The Kier molecular flexibility index (Phi) is 5.12. The van der Waals surface area contributed by atoms with E-state index in [-0.39, 0.29) is 0 Å². The molecule has 0 unspecified atom stereocenters. The van der Waals surface area contributed by atoms with Gasteiger partial charge in [-0.1, -0.05) is 18.5 Å². The zero-order chi connectivity index (χ0) is 12.0. The van der Waals surface area contributed by atoms with Crippen molar-refractivity contribution in [3.63, 3.8) is 0 Å². The van der Waals surface area contributed by atoms with Crippen LogP contribution >= 0.6 is 11.6 Å². The summed E-state index contributed by atoms with van der Waals surface area (Å²) >= 11 is 6.02. The van der Waals surface area contributed by atoms with Gasteiger partial charge in [0.1, 0.15) is 6.29 Å². The summed E-state index contributed by atoms with van der Waals surface area (Å²) in [7, 11) is 0. The summed E-state index contributed by atoms with van der Waals surface area (Å²) in [5.41, 5.74) is 0.484. The molecule has 0 saturated carbocycles. The van der Waals surface area contributed by atoms with Crippen LogP contribution in [0.3, 0.4) is 0 Å². The van der Waals surface area contributed by atoms with Crippen LogP contribution in [0, 0.1) is 0 Å². The summed E-state index contributed by atoms with van der Waals surface area (Å²) in [6.07, 6.45) is 1.62. The van der Waals surface area contributed by atoms with E-state index < -0.39 is 0 Å². The van der Waals surface area contributed by atoms with Crippen molar-refractivity contribution in [3.8, 4) is 11.5 Å². The van der Waals surface area contributed by atoms with Crippen LogP contribution in [0.2, 0.25) is 5.02 Å². The van der Waals surface area contributed by atoms with Crippen LogP contribution < -0.4 is 9.47 Å². The monoisotopic (exact) mass is 242 g/mol. The van der Waals surface area contributed by atoms with Crippen molar-refractivity contribution in [2.75, 3.05) is 13.2 Å². The second kappa shape index (κ2) is 6.38. The minimum absolute atomic E-state index is 0.404. The molecule has 0 aliphatic rings. The van der Waals surface area contributed by atoms with Gasteiger partial charge in [-0.05, 0) is 25.5 Å². The van der Waals surface area contributed by atoms with Gasteiger partial charge in [0.15, 0.2) is 11.5 Å².